The van der Waals surface area contributed by atoms with Crippen molar-refractivity contribution in [2.24, 2.45) is 0 Å². The minimum Gasteiger partial charge on any atom is -0.274 e. The Labute approximate surface area is 144 Å². The van der Waals surface area contributed by atoms with Crippen LogP contribution in [0.5, 0.6) is 0 Å². The van der Waals surface area contributed by atoms with Gasteiger partial charge in [-0.1, -0.05) is 30.3 Å². The van der Waals surface area contributed by atoms with Crippen molar-refractivity contribution in [3.05, 3.63) is 35.9 Å². The molecule has 5 amide bonds. The average molecular weight is 346 g/mol. The van der Waals surface area contributed by atoms with Gasteiger partial charge in [-0.25, -0.2) is 10.0 Å². The minimum absolute atomic E-state index is 0.175. The van der Waals surface area contributed by atoms with Crippen LogP contribution in [0.3, 0.4) is 0 Å². The molecular formula is C17H20N3O5+. The molecule has 132 valence electrons. The van der Waals surface area contributed by atoms with Gasteiger partial charge in [-0.2, -0.15) is 9.55 Å². The van der Waals surface area contributed by atoms with Crippen LogP contribution in [0.2, 0.25) is 0 Å². The lowest BCUT2D eigenvalue weighted by Gasteiger charge is -2.48. The topological polar surface area (TPSA) is 104 Å². The van der Waals surface area contributed by atoms with Crippen LogP contribution in [0.1, 0.15) is 31.7 Å². The molecule has 1 aromatic rings. The lowest BCUT2D eigenvalue weighted by atomic mass is 9.81. The van der Waals surface area contributed by atoms with Gasteiger partial charge >= 0.3 is 23.4 Å². The Morgan fingerprint density at radius 1 is 1.12 bits per heavy atom. The van der Waals surface area contributed by atoms with Crippen molar-refractivity contribution < 1.29 is 29.0 Å². The van der Waals surface area contributed by atoms with Crippen molar-refractivity contribution in [3.8, 4) is 0 Å². The first-order valence-corrected chi connectivity index (χ1v) is 8.20. The fraction of sp³-hybridized carbons (Fsp3) is 0.412. The van der Waals surface area contributed by atoms with E-state index >= 15 is 0 Å². The molecule has 0 spiro atoms. The Morgan fingerprint density at radius 3 is 2.28 bits per heavy atom. The minimum atomic E-state index is -2.08. The van der Waals surface area contributed by atoms with Crippen LogP contribution in [-0.4, -0.2) is 51.6 Å². The molecule has 1 atom stereocenters. The van der Waals surface area contributed by atoms with E-state index in [1.807, 2.05) is 0 Å². The van der Waals surface area contributed by atoms with Gasteiger partial charge in [-0.3, -0.25) is 19.7 Å². The number of piperidine rings is 1. The Bertz CT molecular complexity index is 742. The molecule has 2 aliphatic heterocycles. The highest BCUT2D eigenvalue weighted by Gasteiger charge is 2.70. The molecule has 25 heavy (non-hydrogen) atoms. The van der Waals surface area contributed by atoms with Crippen LogP contribution in [0.25, 0.3) is 0 Å². The van der Waals surface area contributed by atoms with Crippen LogP contribution in [0.15, 0.2) is 30.3 Å². The molecular weight excluding hydrogens is 326 g/mol. The van der Waals surface area contributed by atoms with Gasteiger partial charge in [0.2, 0.25) is 5.91 Å². The zero-order valence-electron chi connectivity index (χ0n) is 13.9. The van der Waals surface area contributed by atoms with E-state index in [0.717, 1.165) is 13.3 Å². The third kappa shape index (κ3) is 2.37. The molecule has 2 saturated heterocycles. The zero-order valence-corrected chi connectivity index (χ0v) is 13.9. The van der Waals surface area contributed by atoms with Gasteiger partial charge in [0.05, 0.1) is 0 Å². The van der Waals surface area contributed by atoms with Gasteiger partial charge in [0.1, 0.15) is 13.1 Å². The van der Waals surface area contributed by atoms with Gasteiger partial charge in [-0.05, 0) is 19.3 Å². The number of hydrogen-bond donors (Lipinski definition) is 2. The molecule has 1 aromatic carbocycles. The smallest absolute Gasteiger partial charge is 0.274 e. The number of nitrogens with one attached hydrogen (secondary N) is 1. The third-order valence-corrected chi connectivity index (χ3v) is 4.95. The number of likely N-dealkylation sites (tertiary alicyclic amines) is 1. The summed E-state index contributed by atoms with van der Waals surface area (Å²) in [7, 11) is 0. The molecule has 3 rings (SSSR count). The zero-order chi connectivity index (χ0) is 18.2. The second-order valence-electron chi connectivity index (χ2n) is 6.43. The summed E-state index contributed by atoms with van der Waals surface area (Å²) in [6.07, 6.45) is 2.12. The Balaban J connectivity index is 2.27. The lowest BCUT2D eigenvalue weighted by Crippen LogP contribution is -2.78. The Kier molecular flexibility index (Phi) is 4.18. The number of hydroxylamine groups is 3. The Morgan fingerprint density at radius 2 is 1.72 bits per heavy atom. The summed E-state index contributed by atoms with van der Waals surface area (Å²) in [6.45, 7) is 1.42. The number of urea groups is 1. The standard InChI is InChI=1S/C17H19N3O5/c1-12(21)19-15(23)17(14(22)18-16(19)24,13-8-4-2-5-9-13)20(25)10-6-3-7-11-20/h2,4-5,8-9,25H,3,6-7,10-11H2,1H3/p+1. The van der Waals surface area contributed by atoms with Gasteiger partial charge in [-0.15, -0.1) is 0 Å². The predicted molar refractivity (Wildman–Crippen MR) is 84.8 cm³/mol. The molecule has 8 heteroatoms. The second-order valence-corrected chi connectivity index (χ2v) is 6.43. The summed E-state index contributed by atoms with van der Waals surface area (Å²) in [5, 5.41) is 13.4. The van der Waals surface area contributed by atoms with E-state index in [0.29, 0.717) is 17.7 Å². The number of benzene rings is 1. The van der Waals surface area contributed by atoms with Crippen LogP contribution in [-0.2, 0) is 19.9 Å². The number of carbonyl (C=O) groups excluding carboxylic acids is 4. The molecule has 0 bridgehead atoms. The lowest BCUT2D eigenvalue weighted by molar-refractivity contribution is -1.13. The number of nitrogens with zero attached hydrogens (tertiary/aromatic N) is 2. The monoisotopic (exact) mass is 346 g/mol. The first-order valence-electron chi connectivity index (χ1n) is 8.20. The van der Waals surface area contributed by atoms with Crippen LogP contribution in [0.4, 0.5) is 4.79 Å². The van der Waals surface area contributed by atoms with Crippen molar-refractivity contribution in [2.45, 2.75) is 31.7 Å². The summed E-state index contributed by atoms with van der Waals surface area (Å²) in [5.74, 6) is -2.72. The first-order chi connectivity index (χ1) is 11.8. The molecule has 8 nitrogen and oxygen atoms in total. The van der Waals surface area contributed by atoms with Crippen molar-refractivity contribution in [3.63, 3.8) is 0 Å². The number of hydrogen-bond acceptors (Lipinski definition) is 5. The van der Waals surface area contributed by atoms with E-state index in [9.17, 15) is 24.4 Å². The summed E-state index contributed by atoms with van der Waals surface area (Å²) in [6, 6.07) is 7.02. The maximum Gasteiger partial charge on any atom is 0.338 e. The number of amides is 5. The fourth-order valence-corrected chi connectivity index (χ4v) is 3.79. The first kappa shape index (κ1) is 17.2. The number of quaternary nitrogens is 1. The molecule has 2 fully saturated rings. The SMILES string of the molecule is CC(=O)N1C(=O)NC(=O)C(c2ccccc2)([N+]2(O)CCCCC2)C1=O. The molecule has 1 unspecified atom stereocenters. The Hall–Kier alpha value is -2.58. The highest BCUT2D eigenvalue weighted by atomic mass is 16.6. The van der Waals surface area contributed by atoms with Gasteiger partial charge in [0.15, 0.2) is 0 Å². The molecule has 0 saturated carbocycles. The fourth-order valence-electron chi connectivity index (χ4n) is 3.79. The molecule has 0 aromatic heterocycles. The molecule has 0 radical (unpaired) electrons. The normalized spacial score (nSPS) is 26.3. The highest BCUT2D eigenvalue weighted by molar-refractivity contribution is 6.27. The quantitative estimate of drug-likeness (QED) is 0.611. The summed E-state index contributed by atoms with van der Waals surface area (Å²) in [4.78, 5) is 50.5. The highest BCUT2D eigenvalue weighted by Crippen LogP contribution is 2.40. The summed E-state index contributed by atoms with van der Waals surface area (Å²) < 4.78 is -0.848. The van der Waals surface area contributed by atoms with Crippen LogP contribution < -0.4 is 5.32 Å². The molecule has 2 heterocycles. The molecule has 0 aliphatic carbocycles. The average Bonchev–Trinajstić information content (AvgIpc) is 2.55. The van der Waals surface area contributed by atoms with Crippen molar-refractivity contribution in [1.82, 2.24) is 10.2 Å². The largest absolute Gasteiger partial charge is 0.338 e. The maximum absolute atomic E-state index is 13.3. The number of carbonyl (C=O) groups is 4. The van der Waals surface area contributed by atoms with Crippen molar-refractivity contribution in [2.75, 3.05) is 13.1 Å². The molecule has 2 aliphatic rings. The van der Waals surface area contributed by atoms with Gasteiger partial charge in [0.25, 0.3) is 0 Å². The van der Waals surface area contributed by atoms with Crippen molar-refractivity contribution >= 4 is 23.8 Å². The number of rotatable bonds is 2. The maximum atomic E-state index is 13.3. The van der Waals surface area contributed by atoms with E-state index in [-0.39, 0.29) is 18.7 Å². The molecule has 2 N–H and O–H groups in total. The van der Waals surface area contributed by atoms with Crippen LogP contribution in [0, 0.1) is 0 Å². The van der Waals surface area contributed by atoms with E-state index < -0.39 is 33.9 Å². The summed E-state index contributed by atoms with van der Waals surface area (Å²) in [5.41, 5.74) is -1.83. The van der Waals surface area contributed by atoms with E-state index in [1.54, 1.807) is 30.3 Å². The van der Waals surface area contributed by atoms with E-state index in [4.69, 9.17) is 0 Å². The third-order valence-electron chi connectivity index (χ3n) is 4.95. The van der Waals surface area contributed by atoms with Crippen molar-refractivity contribution in [1.29, 1.82) is 0 Å². The van der Waals surface area contributed by atoms with Crippen LogP contribution >= 0.6 is 0 Å². The van der Waals surface area contributed by atoms with E-state index in [2.05, 4.69) is 5.32 Å². The second kappa shape index (κ2) is 6.05. The number of imide groups is 4. The van der Waals surface area contributed by atoms with E-state index in [1.165, 1.54) is 0 Å². The van der Waals surface area contributed by atoms with Gasteiger partial charge in [0, 0.05) is 12.5 Å². The van der Waals surface area contributed by atoms with Gasteiger partial charge < -0.3 is 0 Å². The summed E-state index contributed by atoms with van der Waals surface area (Å²) >= 11 is 0. The number of barbiturate groups is 1. The predicted octanol–water partition coefficient (Wildman–Crippen LogP) is 0.897.